The number of halogens is 3. The fraction of sp³-hybridized carbons (Fsp3) is 0.538. The Kier molecular flexibility index (Phi) is 5.20. The van der Waals surface area contributed by atoms with Crippen LogP contribution in [0.15, 0.2) is 12.3 Å². The molecular formula is C13H14Cl3NO4. The van der Waals surface area contributed by atoms with Crippen LogP contribution >= 0.6 is 34.8 Å². The number of hydrogen-bond donors (Lipinski definition) is 0. The van der Waals surface area contributed by atoms with Gasteiger partial charge in [-0.3, -0.25) is 4.79 Å². The zero-order valence-corrected chi connectivity index (χ0v) is 13.5. The smallest absolute Gasteiger partial charge is 0.354 e. The molecule has 1 aromatic heterocycles. The zero-order valence-electron chi connectivity index (χ0n) is 11.3. The van der Waals surface area contributed by atoms with Crippen LogP contribution in [0.5, 0.6) is 0 Å². The molecule has 0 radical (unpaired) electrons. The van der Waals surface area contributed by atoms with Crippen molar-refractivity contribution in [1.29, 1.82) is 0 Å². The maximum absolute atomic E-state index is 12.0. The Morgan fingerprint density at radius 1 is 1.33 bits per heavy atom. The summed E-state index contributed by atoms with van der Waals surface area (Å²) < 4.78 is 9.69. The third kappa shape index (κ3) is 3.72. The van der Waals surface area contributed by atoms with E-state index in [0.29, 0.717) is 13.2 Å². The standard InChI is InChI=1S/C13H14Cl3NO4/c1-20-12(19)10-6-8(11(18)13(14,15)16)7-17(10)9-2-4-21-5-3-9/h6-7,9H,2-5H2,1H3. The summed E-state index contributed by atoms with van der Waals surface area (Å²) in [6.07, 6.45) is 3.01. The average molecular weight is 355 g/mol. The molecule has 1 fully saturated rings. The van der Waals surface area contributed by atoms with Gasteiger partial charge in [0, 0.05) is 31.0 Å². The Labute approximate surface area is 137 Å². The Hall–Kier alpha value is -0.750. The van der Waals surface area contributed by atoms with Crippen LogP contribution in [0.1, 0.15) is 39.7 Å². The van der Waals surface area contributed by atoms with E-state index in [1.54, 1.807) is 4.57 Å². The first kappa shape index (κ1) is 16.6. The van der Waals surface area contributed by atoms with Crippen molar-refractivity contribution in [2.75, 3.05) is 20.3 Å². The predicted molar refractivity (Wildman–Crippen MR) is 79.5 cm³/mol. The van der Waals surface area contributed by atoms with Crippen molar-refractivity contribution < 1.29 is 19.1 Å². The minimum atomic E-state index is -2.06. The van der Waals surface area contributed by atoms with E-state index < -0.39 is 15.5 Å². The van der Waals surface area contributed by atoms with Gasteiger partial charge >= 0.3 is 5.97 Å². The van der Waals surface area contributed by atoms with Gasteiger partial charge in [-0.05, 0) is 18.9 Å². The van der Waals surface area contributed by atoms with Crippen LogP contribution in [0.3, 0.4) is 0 Å². The fourth-order valence-corrected chi connectivity index (χ4v) is 2.63. The van der Waals surface area contributed by atoms with E-state index in [-0.39, 0.29) is 17.3 Å². The molecule has 0 bridgehead atoms. The molecular weight excluding hydrogens is 341 g/mol. The minimum absolute atomic E-state index is 0.0461. The van der Waals surface area contributed by atoms with Gasteiger partial charge in [0.2, 0.25) is 5.78 Å². The number of Topliss-reactive ketones (excluding diaryl/α,β-unsaturated/α-hetero) is 1. The Morgan fingerprint density at radius 3 is 2.48 bits per heavy atom. The summed E-state index contributed by atoms with van der Waals surface area (Å²) >= 11 is 16.8. The third-order valence-corrected chi connectivity index (χ3v) is 3.86. The molecule has 5 nitrogen and oxygen atoms in total. The molecule has 1 saturated heterocycles. The molecule has 1 aliphatic rings. The number of nitrogens with zero attached hydrogens (tertiary/aromatic N) is 1. The van der Waals surface area contributed by atoms with E-state index >= 15 is 0 Å². The van der Waals surface area contributed by atoms with E-state index in [1.807, 2.05) is 0 Å². The largest absolute Gasteiger partial charge is 0.464 e. The van der Waals surface area contributed by atoms with Gasteiger partial charge in [0.05, 0.1) is 7.11 Å². The van der Waals surface area contributed by atoms with E-state index in [0.717, 1.165) is 12.8 Å². The fourth-order valence-electron chi connectivity index (χ4n) is 2.30. The number of rotatable bonds is 3. The summed E-state index contributed by atoms with van der Waals surface area (Å²) in [7, 11) is 1.28. The van der Waals surface area contributed by atoms with Crippen molar-refractivity contribution in [2.24, 2.45) is 0 Å². The lowest BCUT2D eigenvalue weighted by atomic mass is 10.1. The second-order valence-electron chi connectivity index (χ2n) is 4.68. The lowest BCUT2D eigenvalue weighted by Gasteiger charge is -2.25. The SMILES string of the molecule is COC(=O)c1cc(C(=O)C(Cl)(Cl)Cl)cn1C1CCOCC1. The van der Waals surface area contributed by atoms with Gasteiger partial charge in [-0.15, -0.1) is 0 Å². The number of carbonyl (C=O) groups is 2. The van der Waals surface area contributed by atoms with Crippen LogP contribution in [0.25, 0.3) is 0 Å². The van der Waals surface area contributed by atoms with E-state index in [9.17, 15) is 9.59 Å². The molecule has 0 atom stereocenters. The maximum Gasteiger partial charge on any atom is 0.354 e. The molecule has 0 N–H and O–H groups in total. The topological polar surface area (TPSA) is 57.5 Å². The monoisotopic (exact) mass is 353 g/mol. The average Bonchev–Trinajstić information content (AvgIpc) is 2.90. The van der Waals surface area contributed by atoms with Gasteiger partial charge in [0.15, 0.2) is 0 Å². The highest BCUT2D eigenvalue weighted by Crippen LogP contribution is 2.32. The number of hydrogen-bond acceptors (Lipinski definition) is 4. The normalized spacial score (nSPS) is 16.8. The van der Waals surface area contributed by atoms with Crippen molar-refractivity contribution in [3.8, 4) is 0 Å². The Morgan fingerprint density at radius 2 is 1.95 bits per heavy atom. The van der Waals surface area contributed by atoms with Gasteiger partial charge in [0.25, 0.3) is 3.79 Å². The lowest BCUT2D eigenvalue weighted by molar-refractivity contribution is 0.0543. The van der Waals surface area contributed by atoms with Crippen LogP contribution in [-0.2, 0) is 9.47 Å². The number of methoxy groups -OCH3 is 1. The summed E-state index contributed by atoms with van der Waals surface area (Å²) in [6, 6.07) is 1.44. The maximum atomic E-state index is 12.0. The summed E-state index contributed by atoms with van der Waals surface area (Å²) in [4.78, 5) is 23.9. The van der Waals surface area contributed by atoms with Gasteiger partial charge in [-0.1, -0.05) is 34.8 Å². The first-order valence-electron chi connectivity index (χ1n) is 6.34. The molecule has 0 amide bonds. The number of ether oxygens (including phenoxy) is 2. The highest BCUT2D eigenvalue weighted by atomic mass is 35.6. The van der Waals surface area contributed by atoms with Crippen LogP contribution < -0.4 is 0 Å². The number of ketones is 1. The molecule has 8 heteroatoms. The van der Waals surface area contributed by atoms with Crippen LogP contribution in [0, 0.1) is 0 Å². The summed E-state index contributed by atoms with van der Waals surface area (Å²) in [5.41, 5.74) is 0.434. The number of aromatic nitrogens is 1. The molecule has 21 heavy (non-hydrogen) atoms. The van der Waals surface area contributed by atoms with Gasteiger partial charge in [-0.25, -0.2) is 4.79 Å². The quantitative estimate of drug-likeness (QED) is 0.475. The van der Waals surface area contributed by atoms with Crippen molar-refractivity contribution in [3.05, 3.63) is 23.5 Å². The Balaban J connectivity index is 2.40. The highest BCUT2D eigenvalue weighted by molar-refractivity contribution is 6.77. The predicted octanol–water partition coefficient (Wildman–Crippen LogP) is 3.18. The van der Waals surface area contributed by atoms with Crippen molar-refractivity contribution in [1.82, 2.24) is 4.57 Å². The van der Waals surface area contributed by atoms with E-state index in [4.69, 9.17) is 44.3 Å². The molecule has 2 heterocycles. The summed E-state index contributed by atoms with van der Waals surface area (Å²) in [5.74, 6) is -1.21. The van der Waals surface area contributed by atoms with Crippen molar-refractivity contribution in [3.63, 3.8) is 0 Å². The molecule has 116 valence electrons. The third-order valence-electron chi connectivity index (χ3n) is 3.35. The van der Waals surface area contributed by atoms with Crippen LogP contribution in [0.2, 0.25) is 0 Å². The first-order valence-corrected chi connectivity index (χ1v) is 7.47. The van der Waals surface area contributed by atoms with Crippen LogP contribution in [0.4, 0.5) is 0 Å². The number of alkyl halides is 3. The molecule has 0 saturated carbocycles. The highest BCUT2D eigenvalue weighted by Gasteiger charge is 2.34. The van der Waals surface area contributed by atoms with Crippen molar-refractivity contribution in [2.45, 2.75) is 22.7 Å². The van der Waals surface area contributed by atoms with Gasteiger partial charge in [0.1, 0.15) is 5.69 Å². The molecule has 1 aliphatic heterocycles. The van der Waals surface area contributed by atoms with Crippen LogP contribution in [-0.4, -0.2) is 40.4 Å². The molecule has 2 rings (SSSR count). The molecule has 0 unspecified atom stereocenters. The van der Waals surface area contributed by atoms with Gasteiger partial charge < -0.3 is 14.0 Å². The number of esters is 1. The zero-order chi connectivity index (χ0) is 15.6. The summed E-state index contributed by atoms with van der Waals surface area (Å²) in [6.45, 7) is 1.19. The molecule has 1 aromatic rings. The molecule has 0 spiro atoms. The Bertz CT molecular complexity index is 544. The minimum Gasteiger partial charge on any atom is -0.464 e. The second-order valence-corrected chi connectivity index (χ2v) is 6.96. The van der Waals surface area contributed by atoms with Crippen molar-refractivity contribution >= 4 is 46.6 Å². The second kappa shape index (κ2) is 6.57. The summed E-state index contributed by atoms with van der Waals surface area (Å²) in [5, 5.41) is 0. The van der Waals surface area contributed by atoms with Gasteiger partial charge in [-0.2, -0.15) is 0 Å². The molecule has 0 aromatic carbocycles. The first-order chi connectivity index (χ1) is 9.84. The lowest BCUT2D eigenvalue weighted by Crippen LogP contribution is -2.22. The number of carbonyl (C=O) groups excluding carboxylic acids is 2. The van der Waals surface area contributed by atoms with E-state index in [2.05, 4.69) is 0 Å². The molecule has 0 aliphatic carbocycles. The van der Waals surface area contributed by atoms with E-state index in [1.165, 1.54) is 19.4 Å².